The average Bonchev–Trinajstić information content (AvgIpc) is 3.20. The third kappa shape index (κ3) is 4.53. The van der Waals surface area contributed by atoms with Crippen molar-refractivity contribution < 1.29 is 13.9 Å². The maximum absolute atomic E-state index is 13.3. The van der Waals surface area contributed by atoms with Crippen LogP contribution in [-0.2, 0) is 4.74 Å². The first-order chi connectivity index (χ1) is 15.5. The smallest absolute Gasteiger partial charge is 0.257 e. The van der Waals surface area contributed by atoms with E-state index in [2.05, 4.69) is 20.0 Å². The molecule has 3 aromatic rings. The topological polar surface area (TPSA) is 76.4 Å². The van der Waals surface area contributed by atoms with E-state index in [0.717, 1.165) is 30.8 Å². The Kier molecular flexibility index (Phi) is 6.57. The van der Waals surface area contributed by atoms with Crippen molar-refractivity contribution in [1.82, 2.24) is 29.5 Å². The molecule has 1 aliphatic rings. The van der Waals surface area contributed by atoms with Gasteiger partial charge in [0.25, 0.3) is 11.9 Å². The second-order valence-electron chi connectivity index (χ2n) is 7.89. The van der Waals surface area contributed by atoms with Crippen LogP contribution in [0.4, 0.5) is 4.39 Å². The average molecular weight is 439 g/mol. The number of carbonyl (C=O) groups is 1. The van der Waals surface area contributed by atoms with Gasteiger partial charge in [-0.05, 0) is 43.7 Å². The zero-order valence-corrected chi connectivity index (χ0v) is 18.6. The van der Waals surface area contributed by atoms with E-state index in [0.29, 0.717) is 42.6 Å². The number of aryl methyl sites for hydroxylation is 1. The van der Waals surface area contributed by atoms with E-state index in [1.54, 1.807) is 36.3 Å². The fraction of sp³-hybridized carbons (Fsp3) is 0.391. The Bertz CT molecular complexity index is 1090. The van der Waals surface area contributed by atoms with E-state index in [-0.39, 0.29) is 11.7 Å². The zero-order valence-electron chi connectivity index (χ0n) is 18.6. The highest BCUT2D eigenvalue weighted by molar-refractivity contribution is 5.95. The van der Waals surface area contributed by atoms with Crippen LogP contribution in [0.25, 0.3) is 17.2 Å². The van der Waals surface area contributed by atoms with Gasteiger partial charge in [0.15, 0.2) is 0 Å². The largest absolute Gasteiger partial charge is 0.383 e. The number of hydrogen-bond acceptors (Lipinski definition) is 6. The summed E-state index contributed by atoms with van der Waals surface area (Å²) in [7, 11) is 1.70. The summed E-state index contributed by atoms with van der Waals surface area (Å²) in [4.78, 5) is 26.3. The van der Waals surface area contributed by atoms with Crippen molar-refractivity contribution in [2.24, 2.45) is 0 Å². The van der Waals surface area contributed by atoms with Crippen molar-refractivity contribution in [2.45, 2.75) is 13.8 Å². The highest BCUT2D eigenvalue weighted by Gasteiger charge is 2.25. The number of nitrogens with zero attached hydrogens (tertiary/aromatic N) is 6. The van der Waals surface area contributed by atoms with Gasteiger partial charge in [0, 0.05) is 51.6 Å². The molecule has 0 atom stereocenters. The van der Waals surface area contributed by atoms with Crippen LogP contribution in [-0.4, -0.2) is 81.9 Å². The number of halogens is 1. The number of amides is 1. The Balaban J connectivity index is 1.54. The number of piperazine rings is 1. The van der Waals surface area contributed by atoms with Gasteiger partial charge < -0.3 is 9.64 Å². The first-order valence-corrected chi connectivity index (χ1v) is 10.6. The van der Waals surface area contributed by atoms with Gasteiger partial charge in [0.05, 0.1) is 29.8 Å². The Morgan fingerprint density at radius 3 is 2.50 bits per heavy atom. The van der Waals surface area contributed by atoms with Crippen molar-refractivity contribution in [1.29, 1.82) is 0 Å². The number of benzene rings is 1. The number of ether oxygens (including phenoxy) is 1. The first kappa shape index (κ1) is 22.0. The van der Waals surface area contributed by atoms with E-state index >= 15 is 0 Å². The second kappa shape index (κ2) is 9.54. The lowest BCUT2D eigenvalue weighted by atomic mass is 10.1. The molecule has 1 aliphatic heterocycles. The van der Waals surface area contributed by atoms with Gasteiger partial charge in [0.2, 0.25) is 0 Å². The molecule has 1 amide bonds. The van der Waals surface area contributed by atoms with Crippen molar-refractivity contribution in [3.05, 3.63) is 59.3 Å². The fourth-order valence-electron chi connectivity index (χ4n) is 3.82. The summed E-state index contributed by atoms with van der Waals surface area (Å²) in [6.07, 6.45) is 3.29. The lowest BCUT2D eigenvalue weighted by molar-refractivity contribution is 0.0593. The molecule has 4 rings (SSSR count). The van der Waals surface area contributed by atoms with Gasteiger partial charge in [-0.1, -0.05) is 0 Å². The van der Waals surface area contributed by atoms with Crippen LogP contribution >= 0.6 is 0 Å². The fourth-order valence-corrected chi connectivity index (χ4v) is 3.82. The molecule has 32 heavy (non-hydrogen) atoms. The van der Waals surface area contributed by atoms with Crippen LogP contribution in [0.3, 0.4) is 0 Å². The third-order valence-corrected chi connectivity index (χ3v) is 5.78. The van der Waals surface area contributed by atoms with Crippen molar-refractivity contribution in [3.8, 4) is 17.2 Å². The minimum absolute atomic E-state index is 0.0361. The molecule has 0 radical (unpaired) electrons. The molecular formula is C23H27FN6O2. The molecule has 1 saturated heterocycles. The molecule has 0 aliphatic carbocycles. The molecule has 0 spiro atoms. The summed E-state index contributed by atoms with van der Waals surface area (Å²) in [5.74, 6) is 0.0353. The van der Waals surface area contributed by atoms with E-state index in [4.69, 9.17) is 4.74 Å². The SMILES string of the molecule is COCCN1CCN(C(=O)c2cnn(-c3ncc(C)c(-c4ccc(F)cc4)n3)c2C)CC1. The second-order valence-corrected chi connectivity index (χ2v) is 7.89. The number of methoxy groups -OCH3 is 1. The number of carbonyl (C=O) groups excluding carboxylic acids is 1. The lowest BCUT2D eigenvalue weighted by Gasteiger charge is -2.34. The molecule has 0 saturated carbocycles. The number of rotatable bonds is 6. The van der Waals surface area contributed by atoms with Crippen LogP contribution in [0.2, 0.25) is 0 Å². The van der Waals surface area contributed by atoms with E-state index < -0.39 is 0 Å². The van der Waals surface area contributed by atoms with Crippen molar-refractivity contribution in [2.75, 3.05) is 46.4 Å². The quantitative estimate of drug-likeness (QED) is 0.589. The molecule has 9 heteroatoms. The lowest BCUT2D eigenvalue weighted by Crippen LogP contribution is -2.49. The summed E-state index contributed by atoms with van der Waals surface area (Å²) in [6, 6.07) is 6.18. The monoisotopic (exact) mass is 438 g/mol. The Hall–Kier alpha value is -3.17. The summed E-state index contributed by atoms with van der Waals surface area (Å²) < 4.78 is 20.0. The van der Waals surface area contributed by atoms with Crippen LogP contribution in [0.15, 0.2) is 36.7 Å². The Morgan fingerprint density at radius 1 is 1.09 bits per heavy atom. The maximum Gasteiger partial charge on any atom is 0.257 e. The molecule has 1 fully saturated rings. The predicted octanol–water partition coefficient (Wildman–Crippen LogP) is 2.49. The molecular weight excluding hydrogens is 411 g/mol. The predicted molar refractivity (Wildman–Crippen MR) is 118 cm³/mol. The van der Waals surface area contributed by atoms with Crippen molar-refractivity contribution >= 4 is 5.91 Å². The highest BCUT2D eigenvalue weighted by atomic mass is 19.1. The van der Waals surface area contributed by atoms with Gasteiger partial charge >= 0.3 is 0 Å². The van der Waals surface area contributed by atoms with E-state index in [9.17, 15) is 9.18 Å². The zero-order chi connectivity index (χ0) is 22.7. The molecule has 1 aromatic carbocycles. The van der Waals surface area contributed by atoms with E-state index in [1.165, 1.54) is 12.1 Å². The summed E-state index contributed by atoms with van der Waals surface area (Å²) >= 11 is 0. The highest BCUT2D eigenvalue weighted by Crippen LogP contribution is 2.23. The summed E-state index contributed by atoms with van der Waals surface area (Å²) in [5, 5.41) is 4.39. The molecule has 2 aromatic heterocycles. The van der Waals surface area contributed by atoms with Crippen molar-refractivity contribution in [3.63, 3.8) is 0 Å². The van der Waals surface area contributed by atoms with Crippen LogP contribution < -0.4 is 0 Å². The van der Waals surface area contributed by atoms with Gasteiger partial charge in [-0.25, -0.2) is 19.0 Å². The molecule has 0 N–H and O–H groups in total. The van der Waals surface area contributed by atoms with Crippen LogP contribution in [0, 0.1) is 19.7 Å². The van der Waals surface area contributed by atoms with Crippen LogP contribution in [0.1, 0.15) is 21.6 Å². The molecule has 0 bridgehead atoms. The summed E-state index contributed by atoms with van der Waals surface area (Å²) in [5.41, 5.74) is 3.59. The first-order valence-electron chi connectivity index (χ1n) is 10.6. The molecule has 3 heterocycles. The van der Waals surface area contributed by atoms with E-state index in [1.807, 2.05) is 18.7 Å². The molecule has 0 unspecified atom stereocenters. The summed E-state index contributed by atoms with van der Waals surface area (Å²) in [6.45, 7) is 8.29. The minimum atomic E-state index is -0.300. The Morgan fingerprint density at radius 2 is 1.81 bits per heavy atom. The van der Waals surface area contributed by atoms with Gasteiger partial charge in [-0.3, -0.25) is 9.69 Å². The maximum atomic E-state index is 13.3. The Labute approximate surface area is 186 Å². The van der Waals surface area contributed by atoms with Gasteiger partial charge in [-0.15, -0.1) is 0 Å². The third-order valence-electron chi connectivity index (χ3n) is 5.78. The van der Waals surface area contributed by atoms with Gasteiger partial charge in [0.1, 0.15) is 5.82 Å². The van der Waals surface area contributed by atoms with Gasteiger partial charge in [-0.2, -0.15) is 5.10 Å². The van der Waals surface area contributed by atoms with Crippen LogP contribution in [0.5, 0.6) is 0 Å². The normalized spacial score (nSPS) is 14.7. The minimum Gasteiger partial charge on any atom is -0.383 e. The standard InChI is InChI=1S/C23H27FN6O2/c1-16-14-25-23(27-21(16)18-4-6-19(24)7-5-18)30-17(2)20(15-26-30)22(31)29-10-8-28(9-11-29)12-13-32-3/h4-7,14-15H,8-13H2,1-3H3. The molecule has 8 nitrogen and oxygen atoms in total. The number of aromatic nitrogens is 4. The number of hydrogen-bond donors (Lipinski definition) is 0. The molecule has 168 valence electrons.